The van der Waals surface area contributed by atoms with E-state index in [1.807, 2.05) is 6.07 Å². The predicted molar refractivity (Wildman–Crippen MR) is 63.8 cm³/mol. The van der Waals surface area contributed by atoms with Crippen LogP contribution >= 0.6 is 15.9 Å². The number of hydrogen-bond acceptors (Lipinski definition) is 4. The Kier molecular flexibility index (Phi) is 3.11. The van der Waals surface area contributed by atoms with Crippen molar-refractivity contribution in [1.29, 1.82) is 0 Å². The van der Waals surface area contributed by atoms with Crippen LogP contribution in [0.2, 0.25) is 0 Å². The van der Waals surface area contributed by atoms with Crippen LogP contribution < -0.4 is 10.6 Å². The molecule has 0 radical (unpaired) electrons. The molecule has 1 saturated heterocycles. The number of anilines is 2. The summed E-state index contributed by atoms with van der Waals surface area (Å²) >= 11 is 3.32. The van der Waals surface area contributed by atoms with Gasteiger partial charge in [-0.3, -0.25) is 0 Å². The van der Waals surface area contributed by atoms with Crippen LogP contribution in [0.5, 0.6) is 0 Å². The van der Waals surface area contributed by atoms with Crippen LogP contribution in [0, 0.1) is 0 Å². The van der Waals surface area contributed by atoms with Gasteiger partial charge in [0.2, 0.25) is 0 Å². The normalized spacial score (nSPS) is 21.7. The van der Waals surface area contributed by atoms with Gasteiger partial charge in [0.1, 0.15) is 4.60 Å². The average Bonchev–Trinajstić information content (AvgIpc) is 2.22. The highest BCUT2D eigenvalue weighted by Crippen LogP contribution is 2.27. The van der Waals surface area contributed by atoms with Gasteiger partial charge >= 0.3 is 0 Å². The lowest BCUT2D eigenvalue weighted by Gasteiger charge is -2.32. The molecule has 1 unspecified atom stereocenters. The minimum absolute atomic E-state index is 0.245. The summed E-state index contributed by atoms with van der Waals surface area (Å²) in [5.74, 6) is 0. The number of nitrogens with zero attached hydrogens (tertiary/aromatic N) is 2. The second-order valence-electron chi connectivity index (χ2n) is 3.81. The maximum Gasteiger partial charge on any atom is 0.108 e. The molecule has 0 aromatic carbocycles. The van der Waals surface area contributed by atoms with Crippen LogP contribution in [0.4, 0.5) is 11.4 Å². The number of aromatic nitrogens is 1. The minimum atomic E-state index is -0.245. The van der Waals surface area contributed by atoms with Crippen molar-refractivity contribution in [3.63, 3.8) is 0 Å². The Labute approximate surface area is 97.2 Å². The van der Waals surface area contributed by atoms with E-state index in [0.29, 0.717) is 12.2 Å². The standard InChI is InChI=1S/C10H14BrN3O/c11-10-4-9(8(12)5-13-10)14-3-1-2-7(15)6-14/h4-5,7,15H,1-3,6,12H2. The summed E-state index contributed by atoms with van der Waals surface area (Å²) in [6.07, 6.45) is 3.27. The largest absolute Gasteiger partial charge is 0.396 e. The van der Waals surface area contributed by atoms with Crippen molar-refractivity contribution in [1.82, 2.24) is 4.98 Å². The van der Waals surface area contributed by atoms with E-state index in [1.165, 1.54) is 0 Å². The van der Waals surface area contributed by atoms with Crippen LogP contribution in [0.3, 0.4) is 0 Å². The quantitative estimate of drug-likeness (QED) is 0.758. The lowest BCUT2D eigenvalue weighted by atomic mass is 10.1. The number of halogens is 1. The molecule has 1 aliphatic heterocycles. The maximum absolute atomic E-state index is 9.59. The van der Waals surface area contributed by atoms with Gasteiger partial charge < -0.3 is 15.7 Å². The molecular weight excluding hydrogens is 258 g/mol. The molecule has 5 heteroatoms. The SMILES string of the molecule is Nc1cnc(Br)cc1N1CCCC(O)C1. The molecule has 1 fully saturated rings. The molecular formula is C10H14BrN3O. The van der Waals surface area contributed by atoms with Crippen molar-refractivity contribution >= 4 is 27.3 Å². The van der Waals surface area contributed by atoms with E-state index in [0.717, 1.165) is 29.7 Å². The van der Waals surface area contributed by atoms with Gasteiger partial charge in [0.25, 0.3) is 0 Å². The third-order valence-electron chi connectivity index (χ3n) is 2.62. The van der Waals surface area contributed by atoms with Crippen LogP contribution in [0.25, 0.3) is 0 Å². The third-order valence-corrected chi connectivity index (χ3v) is 3.05. The summed E-state index contributed by atoms with van der Waals surface area (Å²) < 4.78 is 0.770. The zero-order chi connectivity index (χ0) is 10.8. The fourth-order valence-electron chi connectivity index (χ4n) is 1.88. The molecule has 2 rings (SSSR count). The Balaban J connectivity index is 2.24. The van der Waals surface area contributed by atoms with Crippen LogP contribution in [-0.2, 0) is 0 Å². The maximum atomic E-state index is 9.59. The Morgan fingerprint density at radius 1 is 1.60 bits per heavy atom. The number of nitrogen functional groups attached to an aromatic ring is 1. The number of pyridine rings is 1. The zero-order valence-corrected chi connectivity index (χ0v) is 9.94. The fourth-order valence-corrected chi connectivity index (χ4v) is 2.20. The van der Waals surface area contributed by atoms with Gasteiger partial charge in [-0.1, -0.05) is 0 Å². The Bertz CT molecular complexity index is 359. The first-order valence-electron chi connectivity index (χ1n) is 5.01. The number of piperidine rings is 1. The van der Waals surface area contributed by atoms with Crippen molar-refractivity contribution in [2.24, 2.45) is 0 Å². The van der Waals surface area contributed by atoms with Crippen molar-refractivity contribution in [3.8, 4) is 0 Å². The zero-order valence-electron chi connectivity index (χ0n) is 8.36. The molecule has 0 saturated carbocycles. The summed E-state index contributed by atoms with van der Waals surface area (Å²) in [6, 6.07) is 1.90. The van der Waals surface area contributed by atoms with E-state index in [1.54, 1.807) is 6.20 Å². The van der Waals surface area contributed by atoms with Crippen LogP contribution in [0.15, 0.2) is 16.9 Å². The van der Waals surface area contributed by atoms with E-state index in [2.05, 4.69) is 25.8 Å². The molecule has 1 aromatic rings. The summed E-state index contributed by atoms with van der Waals surface area (Å²) in [4.78, 5) is 6.16. The van der Waals surface area contributed by atoms with E-state index in [9.17, 15) is 5.11 Å². The topological polar surface area (TPSA) is 62.4 Å². The first-order valence-corrected chi connectivity index (χ1v) is 5.80. The number of aliphatic hydroxyl groups excluding tert-OH is 1. The fraction of sp³-hybridized carbons (Fsp3) is 0.500. The van der Waals surface area contributed by atoms with Gasteiger partial charge in [0.15, 0.2) is 0 Å². The van der Waals surface area contributed by atoms with Gasteiger partial charge in [0, 0.05) is 13.1 Å². The number of β-amino-alcohol motifs (C(OH)–C–C–N with tert-alkyl or cyclic N) is 1. The van der Waals surface area contributed by atoms with Crippen molar-refractivity contribution < 1.29 is 5.11 Å². The molecule has 0 amide bonds. The molecule has 2 heterocycles. The number of hydrogen-bond donors (Lipinski definition) is 2. The summed E-state index contributed by atoms with van der Waals surface area (Å²) in [6.45, 7) is 1.60. The Morgan fingerprint density at radius 2 is 2.40 bits per heavy atom. The van der Waals surface area contributed by atoms with E-state index < -0.39 is 0 Å². The number of rotatable bonds is 1. The van der Waals surface area contributed by atoms with Gasteiger partial charge in [0.05, 0.1) is 23.7 Å². The van der Waals surface area contributed by atoms with E-state index in [4.69, 9.17) is 5.73 Å². The molecule has 4 nitrogen and oxygen atoms in total. The van der Waals surface area contributed by atoms with Crippen LogP contribution in [0.1, 0.15) is 12.8 Å². The highest BCUT2D eigenvalue weighted by atomic mass is 79.9. The molecule has 0 spiro atoms. The number of aliphatic hydroxyl groups is 1. The second kappa shape index (κ2) is 4.37. The van der Waals surface area contributed by atoms with Gasteiger partial charge in [-0.2, -0.15) is 0 Å². The summed E-state index contributed by atoms with van der Waals surface area (Å²) in [7, 11) is 0. The van der Waals surface area contributed by atoms with Gasteiger partial charge in [-0.05, 0) is 34.8 Å². The first kappa shape index (κ1) is 10.7. The molecule has 82 valence electrons. The summed E-state index contributed by atoms with van der Waals surface area (Å²) in [5.41, 5.74) is 7.47. The average molecular weight is 272 g/mol. The second-order valence-corrected chi connectivity index (χ2v) is 4.62. The molecule has 0 aliphatic carbocycles. The smallest absolute Gasteiger partial charge is 0.108 e. The molecule has 15 heavy (non-hydrogen) atoms. The highest BCUT2D eigenvalue weighted by molar-refractivity contribution is 9.10. The molecule has 1 aliphatic rings. The van der Waals surface area contributed by atoms with E-state index in [-0.39, 0.29) is 6.10 Å². The highest BCUT2D eigenvalue weighted by Gasteiger charge is 2.19. The Morgan fingerprint density at radius 3 is 3.13 bits per heavy atom. The van der Waals surface area contributed by atoms with Crippen molar-refractivity contribution in [2.45, 2.75) is 18.9 Å². The molecule has 1 atom stereocenters. The third kappa shape index (κ3) is 2.41. The lowest BCUT2D eigenvalue weighted by molar-refractivity contribution is 0.154. The molecule has 3 N–H and O–H groups in total. The van der Waals surface area contributed by atoms with Gasteiger partial charge in [-0.15, -0.1) is 0 Å². The number of nitrogens with two attached hydrogens (primary N) is 1. The first-order chi connectivity index (χ1) is 7.16. The van der Waals surface area contributed by atoms with E-state index >= 15 is 0 Å². The Hall–Kier alpha value is -0.810. The minimum Gasteiger partial charge on any atom is -0.396 e. The van der Waals surface area contributed by atoms with Crippen LogP contribution in [-0.4, -0.2) is 29.3 Å². The predicted octanol–water partition coefficient (Wildman–Crippen LogP) is 1.39. The lowest BCUT2D eigenvalue weighted by Crippen LogP contribution is -2.38. The van der Waals surface area contributed by atoms with Gasteiger partial charge in [-0.25, -0.2) is 4.98 Å². The van der Waals surface area contributed by atoms with Crippen molar-refractivity contribution in [3.05, 3.63) is 16.9 Å². The summed E-state index contributed by atoms with van der Waals surface area (Å²) in [5, 5.41) is 9.59. The van der Waals surface area contributed by atoms with Crippen molar-refractivity contribution in [2.75, 3.05) is 23.7 Å². The molecule has 0 bridgehead atoms. The molecule has 1 aromatic heterocycles. The monoisotopic (exact) mass is 271 g/mol.